The van der Waals surface area contributed by atoms with E-state index in [0.29, 0.717) is 12.5 Å². The molecule has 1 aromatic carbocycles. The average molecular weight is 386 g/mol. The topological polar surface area (TPSA) is 49.0 Å². The summed E-state index contributed by atoms with van der Waals surface area (Å²) in [5.41, 5.74) is 4.84. The molecule has 152 valence electrons. The smallest absolute Gasteiger partial charge is 0.161 e. The second-order valence-electron chi connectivity index (χ2n) is 8.86. The van der Waals surface area contributed by atoms with Crippen LogP contribution in [0.1, 0.15) is 56.9 Å². The summed E-state index contributed by atoms with van der Waals surface area (Å²) in [5, 5.41) is 0. The first-order chi connectivity index (χ1) is 13.8. The normalized spacial score (nSPS) is 27.6. The van der Waals surface area contributed by atoms with Gasteiger partial charge in [-0.15, -0.1) is 0 Å². The zero-order valence-corrected chi connectivity index (χ0v) is 16.6. The van der Waals surface area contributed by atoms with E-state index in [0.717, 1.165) is 54.9 Å². The Balaban J connectivity index is 1.33. The maximum absolute atomic E-state index is 6.30. The van der Waals surface area contributed by atoms with Gasteiger partial charge in [-0.25, -0.2) is 0 Å². The lowest BCUT2D eigenvalue weighted by molar-refractivity contribution is -0.0373. The molecule has 28 heavy (non-hydrogen) atoms. The monoisotopic (exact) mass is 385 g/mol. The van der Waals surface area contributed by atoms with Crippen molar-refractivity contribution in [2.24, 2.45) is 11.8 Å². The van der Waals surface area contributed by atoms with Crippen molar-refractivity contribution in [3.8, 4) is 11.5 Å². The molecule has 0 bridgehead atoms. The third-order valence-corrected chi connectivity index (χ3v) is 6.41. The predicted molar refractivity (Wildman–Crippen MR) is 107 cm³/mol. The zero-order chi connectivity index (χ0) is 18.8. The molecule has 4 aliphatic rings. The summed E-state index contributed by atoms with van der Waals surface area (Å²) in [6, 6.07) is 6.24. The first kappa shape index (κ1) is 18.3. The molecule has 0 amide bonds. The molecule has 5 nitrogen and oxygen atoms in total. The summed E-state index contributed by atoms with van der Waals surface area (Å²) in [7, 11) is 0. The van der Waals surface area contributed by atoms with Gasteiger partial charge in [-0.05, 0) is 61.8 Å². The van der Waals surface area contributed by atoms with Crippen LogP contribution in [0, 0.1) is 11.8 Å². The highest BCUT2D eigenvalue weighted by Gasteiger charge is 2.39. The van der Waals surface area contributed by atoms with Crippen molar-refractivity contribution in [3.05, 3.63) is 29.8 Å². The molecule has 2 aliphatic carbocycles. The molecule has 3 fully saturated rings. The first-order valence-corrected chi connectivity index (χ1v) is 10.9. The van der Waals surface area contributed by atoms with Crippen LogP contribution in [-0.2, 0) is 9.57 Å². The molecule has 1 atom stereocenters. The minimum atomic E-state index is -0.320. The summed E-state index contributed by atoms with van der Waals surface area (Å²) < 4.78 is 17.9. The summed E-state index contributed by atoms with van der Waals surface area (Å²) in [6.45, 7) is 2.93. The van der Waals surface area contributed by atoms with Crippen LogP contribution >= 0.6 is 0 Å². The van der Waals surface area contributed by atoms with Crippen molar-refractivity contribution < 1.29 is 19.0 Å². The second-order valence-corrected chi connectivity index (χ2v) is 8.86. The van der Waals surface area contributed by atoms with E-state index in [1.165, 1.54) is 44.9 Å². The quantitative estimate of drug-likeness (QED) is 0.750. The van der Waals surface area contributed by atoms with Crippen LogP contribution < -0.4 is 15.0 Å². The molecule has 0 radical (unpaired) electrons. The Kier molecular flexibility index (Phi) is 5.20. The largest absolute Gasteiger partial charge is 0.489 e. The van der Waals surface area contributed by atoms with Crippen LogP contribution in [-0.4, -0.2) is 32.0 Å². The van der Waals surface area contributed by atoms with Crippen molar-refractivity contribution in [3.63, 3.8) is 0 Å². The van der Waals surface area contributed by atoms with E-state index in [9.17, 15) is 0 Å². The molecule has 1 saturated heterocycles. The lowest BCUT2D eigenvalue weighted by atomic mass is 9.90. The van der Waals surface area contributed by atoms with Crippen LogP contribution in [0.4, 0.5) is 0 Å². The Bertz CT molecular complexity index is 715. The van der Waals surface area contributed by atoms with E-state index in [2.05, 4.69) is 23.7 Å². The number of nitrogens with one attached hydrogen (secondary N) is 1. The lowest BCUT2D eigenvalue weighted by Gasteiger charge is -2.22. The van der Waals surface area contributed by atoms with Crippen molar-refractivity contribution in [2.75, 3.05) is 26.4 Å². The number of hydrogen-bond donors (Lipinski definition) is 1. The number of rotatable bonds is 7. The highest BCUT2D eigenvalue weighted by molar-refractivity contribution is 5.68. The molecular formula is C23H31NO4. The van der Waals surface area contributed by atoms with Crippen molar-refractivity contribution >= 4 is 5.70 Å². The van der Waals surface area contributed by atoms with Gasteiger partial charge in [0, 0.05) is 18.6 Å². The van der Waals surface area contributed by atoms with Gasteiger partial charge in [0.25, 0.3) is 0 Å². The molecule has 5 rings (SSSR count). The molecular weight excluding hydrogens is 354 g/mol. The third-order valence-electron chi connectivity index (χ3n) is 6.41. The summed E-state index contributed by atoms with van der Waals surface area (Å²) in [5.74, 6) is 3.11. The Morgan fingerprint density at radius 2 is 1.75 bits per heavy atom. The first-order valence-electron chi connectivity index (χ1n) is 10.9. The van der Waals surface area contributed by atoms with Crippen LogP contribution in [0.3, 0.4) is 0 Å². The predicted octanol–water partition coefficient (Wildman–Crippen LogP) is 4.47. The van der Waals surface area contributed by atoms with Crippen LogP contribution in [0.5, 0.6) is 11.5 Å². The summed E-state index contributed by atoms with van der Waals surface area (Å²) in [6.07, 6.45) is 12.2. The Labute approximate surface area is 167 Å². The van der Waals surface area contributed by atoms with E-state index in [-0.39, 0.29) is 5.60 Å². The molecule has 1 N–H and O–H groups in total. The van der Waals surface area contributed by atoms with Gasteiger partial charge in [0.1, 0.15) is 5.60 Å². The molecule has 1 spiro atoms. The van der Waals surface area contributed by atoms with Gasteiger partial charge >= 0.3 is 0 Å². The Morgan fingerprint density at radius 3 is 2.50 bits per heavy atom. The fraction of sp³-hybridized carbons (Fsp3) is 0.652. The number of hydroxylamine groups is 1. The highest BCUT2D eigenvalue weighted by atomic mass is 16.7. The molecule has 2 heterocycles. The van der Waals surface area contributed by atoms with Gasteiger partial charge in [-0.1, -0.05) is 19.3 Å². The molecule has 1 aromatic rings. The average Bonchev–Trinajstić information content (AvgIpc) is 3.31. The van der Waals surface area contributed by atoms with E-state index in [1.807, 2.05) is 6.07 Å². The van der Waals surface area contributed by atoms with E-state index < -0.39 is 0 Å². The van der Waals surface area contributed by atoms with E-state index in [4.69, 9.17) is 19.0 Å². The summed E-state index contributed by atoms with van der Waals surface area (Å²) in [4.78, 5) is 5.84. The van der Waals surface area contributed by atoms with E-state index in [1.54, 1.807) is 0 Å². The van der Waals surface area contributed by atoms with Crippen molar-refractivity contribution in [1.29, 1.82) is 0 Å². The van der Waals surface area contributed by atoms with Gasteiger partial charge in [0.05, 0.1) is 25.5 Å². The molecule has 0 aromatic heterocycles. The van der Waals surface area contributed by atoms with Crippen LogP contribution in [0.2, 0.25) is 0 Å². The minimum Gasteiger partial charge on any atom is -0.489 e. The van der Waals surface area contributed by atoms with Crippen molar-refractivity contribution in [2.45, 2.75) is 57.0 Å². The SMILES string of the molecule is C1=C(c2ccc(OCC3CC3)c(OCC3CCCCC3)c2)NOC12CCOC2. The lowest BCUT2D eigenvalue weighted by Crippen LogP contribution is -2.29. The molecule has 2 aliphatic heterocycles. The fourth-order valence-electron chi connectivity index (χ4n) is 4.34. The van der Waals surface area contributed by atoms with Gasteiger partial charge in [-0.3, -0.25) is 10.3 Å². The Morgan fingerprint density at radius 1 is 0.964 bits per heavy atom. The molecule has 1 unspecified atom stereocenters. The highest BCUT2D eigenvalue weighted by Crippen LogP contribution is 2.38. The minimum absolute atomic E-state index is 0.320. The molecule has 2 saturated carbocycles. The van der Waals surface area contributed by atoms with Gasteiger partial charge in [-0.2, -0.15) is 0 Å². The van der Waals surface area contributed by atoms with Gasteiger partial charge in [0.2, 0.25) is 0 Å². The second kappa shape index (κ2) is 7.96. The number of ether oxygens (including phenoxy) is 3. The molecule has 5 heteroatoms. The van der Waals surface area contributed by atoms with Gasteiger partial charge in [0.15, 0.2) is 11.5 Å². The maximum atomic E-state index is 6.30. The van der Waals surface area contributed by atoms with Crippen LogP contribution in [0.25, 0.3) is 5.70 Å². The summed E-state index contributed by atoms with van der Waals surface area (Å²) >= 11 is 0. The number of benzene rings is 1. The standard InChI is InChI=1S/C23H31NO4/c1-2-4-17(5-3-1)14-27-22-12-19(8-9-21(22)26-15-18-6-7-18)20-13-23(28-24-20)10-11-25-16-23/h8-9,12-13,17-18,24H,1-7,10-11,14-16H2. The Hall–Kier alpha value is -1.72. The maximum Gasteiger partial charge on any atom is 0.161 e. The fourth-order valence-corrected chi connectivity index (χ4v) is 4.34. The van der Waals surface area contributed by atoms with E-state index >= 15 is 0 Å². The van der Waals surface area contributed by atoms with Crippen molar-refractivity contribution in [1.82, 2.24) is 5.48 Å². The zero-order valence-electron chi connectivity index (χ0n) is 16.6. The number of hydrogen-bond acceptors (Lipinski definition) is 5. The van der Waals surface area contributed by atoms with Crippen LogP contribution in [0.15, 0.2) is 24.3 Å². The van der Waals surface area contributed by atoms with Gasteiger partial charge < -0.3 is 14.2 Å². The third kappa shape index (κ3) is 4.15.